The first-order valence-corrected chi connectivity index (χ1v) is 10.3. The number of urea groups is 1. The molecule has 0 aliphatic carbocycles. The average molecular weight is 418 g/mol. The number of nitrogens with zero attached hydrogens (tertiary/aromatic N) is 1. The lowest BCUT2D eigenvalue weighted by Gasteiger charge is -2.41. The predicted octanol–water partition coefficient (Wildman–Crippen LogP) is 1.61. The third-order valence-corrected chi connectivity index (χ3v) is 6.46. The van der Waals surface area contributed by atoms with E-state index >= 15 is 0 Å². The number of carbonyl (C=O) groups excluding carboxylic acids is 1. The third-order valence-electron chi connectivity index (χ3n) is 4.02. The van der Waals surface area contributed by atoms with Gasteiger partial charge in [-0.15, -0.1) is 0 Å². The van der Waals surface area contributed by atoms with Crippen molar-refractivity contribution < 1.29 is 41.4 Å². The molecule has 2 amide bonds. The van der Waals surface area contributed by atoms with Crippen LogP contribution < -0.4 is 5.32 Å². The van der Waals surface area contributed by atoms with E-state index in [1.54, 1.807) is 13.8 Å². The number of aliphatic hydroxyl groups is 1. The molecule has 3 aliphatic rings. The number of hydrogen-bond donors (Lipinski definition) is 2. The van der Waals surface area contributed by atoms with Gasteiger partial charge in [-0.25, -0.2) is 18.0 Å². The maximum atomic E-state index is 13.8. The molecule has 8 nitrogen and oxygen atoms in total. The SMILES string of the molecule is CC(C)OP1(=S)OCC2(C(F)F)OC(N3C=C(F)CNC3=O)C(O)C2O1. The molecule has 0 aromatic carbocycles. The number of alkyl halides is 2. The highest BCUT2D eigenvalue weighted by Gasteiger charge is 2.67. The normalized spacial score (nSPS) is 40.6. The van der Waals surface area contributed by atoms with Crippen molar-refractivity contribution in [1.82, 2.24) is 10.2 Å². The smallest absolute Gasteiger partial charge is 0.328 e. The Morgan fingerprint density at radius 2 is 2.23 bits per heavy atom. The Hall–Kier alpha value is -0.750. The van der Waals surface area contributed by atoms with Gasteiger partial charge < -0.3 is 24.2 Å². The Bertz CT molecular complexity index is 668. The van der Waals surface area contributed by atoms with Gasteiger partial charge in [0.2, 0.25) is 0 Å². The standard InChI is InChI=1S/C13H18F3N2O6PS/c1-6(2)23-25(26)21-5-13(11(15)16)9(24-25)8(19)10(22-13)18-4-7(14)3-17-12(18)20/h4,6,8-11,19H,3,5H2,1-2H3,(H,17,20). The van der Waals surface area contributed by atoms with Crippen LogP contribution in [-0.4, -0.2) is 65.8 Å². The highest BCUT2D eigenvalue weighted by molar-refractivity contribution is 8.07. The number of amides is 2. The maximum Gasteiger partial charge on any atom is 0.328 e. The summed E-state index contributed by atoms with van der Waals surface area (Å²) in [5, 5.41) is 12.7. The molecule has 3 rings (SSSR count). The van der Waals surface area contributed by atoms with E-state index in [0.717, 1.165) is 6.20 Å². The van der Waals surface area contributed by atoms with E-state index < -0.39 is 61.7 Å². The zero-order valence-electron chi connectivity index (χ0n) is 13.8. The van der Waals surface area contributed by atoms with Gasteiger partial charge in [-0.05, 0) is 25.7 Å². The molecule has 0 radical (unpaired) electrons. The lowest BCUT2D eigenvalue weighted by molar-refractivity contribution is -0.205. The van der Waals surface area contributed by atoms with Crippen molar-refractivity contribution >= 4 is 24.6 Å². The number of carbonyl (C=O) groups is 1. The summed E-state index contributed by atoms with van der Waals surface area (Å²) in [7, 11) is 0. The molecule has 0 aromatic heterocycles. The molecule has 0 spiro atoms. The van der Waals surface area contributed by atoms with E-state index in [1.807, 2.05) is 0 Å². The fourth-order valence-electron chi connectivity index (χ4n) is 2.89. The van der Waals surface area contributed by atoms with Gasteiger partial charge >= 0.3 is 12.7 Å². The fourth-order valence-corrected chi connectivity index (χ4v) is 5.47. The van der Waals surface area contributed by atoms with Crippen LogP contribution in [0.2, 0.25) is 0 Å². The molecule has 3 aliphatic heterocycles. The zero-order chi connectivity index (χ0) is 19.3. The molecule has 0 bridgehead atoms. The number of fused-ring (bicyclic) bond motifs is 1. The van der Waals surface area contributed by atoms with Crippen molar-refractivity contribution in [3.63, 3.8) is 0 Å². The van der Waals surface area contributed by atoms with Gasteiger partial charge in [-0.3, -0.25) is 9.42 Å². The Kier molecular flexibility index (Phi) is 5.39. The van der Waals surface area contributed by atoms with E-state index in [9.17, 15) is 23.1 Å². The molecule has 0 saturated carbocycles. The first-order valence-electron chi connectivity index (χ1n) is 7.76. The minimum atomic E-state index is -3.40. The third kappa shape index (κ3) is 3.39. The van der Waals surface area contributed by atoms with E-state index in [0.29, 0.717) is 4.90 Å². The summed E-state index contributed by atoms with van der Waals surface area (Å²) >= 11 is 5.15. The number of nitrogens with one attached hydrogen (secondary N) is 1. The summed E-state index contributed by atoms with van der Waals surface area (Å²) < 4.78 is 62.5. The summed E-state index contributed by atoms with van der Waals surface area (Å²) in [6.07, 6.45) is -7.69. The average Bonchev–Trinajstić information content (AvgIpc) is 2.83. The largest absolute Gasteiger partial charge is 0.386 e. The molecule has 2 N–H and O–H groups in total. The lowest BCUT2D eigenvalue weighted by atomic mass is 9.96. The number of rotatable bonds is 4. The van der Waals surface area contributed by atoms with Crippen LogP contribution in [0.4, 0.5) is 18.0 Å². The Balaban J connectivity index is 1.91. The first-order chi connectivity index (χ1) is 12.1. The van der Waals surface area contributed by atoms with Crippen molar-refractivity contribution in [2.75, 3.05) is 13.2 Å². The molecule has 148 valence electrons. The van der Waals surface area contributed by atoms with Gasteiger partial charge in [0.25, 0.3) is 6.43 Å². The molecule has 26 heavy (non-hydrogen) atoms. The van der Waals surface area contributed by atoms with E-state index in [-0.39, 0.29) is 6.54 Å². The van der Waals surface area contributed by atoms with Gasteiger partial charge in [-0.1, -0.05) is 0 Å². The minimum Gasteiger partial charge on any atom is -0.386 e. The van der Waals surface area contributed by atoms with Crippen molar-refractivity contribution in [3.8, 4) is 0 Å². The van der Waals surface area contributed by atoms with Crippen LogP contribution in [0, 0.1) is 0 Å². The van der Waals surface area contributed by atoms with Crippen LogP contribution in [0.3, 0.4) is 0 Å². The Morgan fingerprint density at radius 3 is 2.85 bits per heavy atom. The van der Waals surface area contributed by atoms with Crippen molar-refractivity contribution in [3.05, 3.63) is 12.0 Å². The van der Waals surface area contributed by atoms with Crippen LogP contribution in [0.25, 0.3) is 0 Å². The van der Waals surface area contributed by atoms with Gasteiger partial charge in [0.15, 0.2) is 11.8 Å². The van der Waals surface area contributed by atoms with E-state index in [2.05, 4.69) is 5.32 Å². The second kappa shape index (κ2) is 7.01. The molecule has 5 atom stereocenters. The van der Waals surface area contributed by atoms with Crippen molar-refractivity contribution in [2.24, 2.45) is 0 Å². The summed E-state index contributed by atoms with van der Waals surface area (Å²) in [6, 6.07) is -0.808. The topological polar surface area (TPSA) is 89.5 Å². The minimum absolute atomic E-state index is 0.343. The monoisotopic (exact) mass is 418 g/mol. The van der Waals surface area contributed by atoms with E-state index in [4.69, 9.17) is 30.1 Å². The molecule has 2 fully saturated rings. The second-order valence-electron chi connectivity index (χ2n) is 6.30. The summed E-state index contributed by atoms with van der Waals surface area (Å²) in [5.41, 5.74) is -2.37. The summed E-state index contributed by atoms with van der Waals surface area (Å²) in [5.74, 6) is -0.730. The zero-order valence-corrected chi connectivity index (χ0v) is 15.5. The Labute approximate surface area is 152 Å². The fraction of sp³-hybridized carbons (Fsp3) is 0.769. The molecule has 3 heterocycles. The van der Waals surface area contributed by atoms with Crippen LogP contribution >= 0.6 is 6.72 Å². The number of ether oxygens (including phenoxy) is 1. The molecule has 2 saturated heterocycles. The van der Waals surface area contributed by atoms with Gasteiger partial charge in [0.05, 0.1) is 19.3 Å². The number of halogens is 3. The molecule has 5 unspecified atom stereocenters. The van der Waals surface area contributed by atoms with Crippen molar-refractivity contribution in [2.45, 2.75) is 50.4 Å². The van der Waals surface area contributed by atoms with Crippen LogP contribution in [-0.2, 0) is 30.1 Å². The first kappa shape index (κ1) is 20.0. The molecule has 0 aromatic rings. The predicted molar refractivity (Wildman–Crippen MR) is 85.4 cm³/mol. The second-order valence-corrected chi connectivity index (χ2v) is 9.21. The van der Waals surface area contributed by atoms with Gasteiger partial charge in [0, 0.05) is 6.20 Å². The van der Waals surface area contributed by atoms with Gasteiger partial charge in [0.1, 0.15) is 18.0 Å². The van der Waals surface area contributed by atoms with Crippen molar-refractivity contribution in [1.29, 1.82) is 0 Å². The molecule has 13 heteroatoms. The highest BCUT2D eigenvalue weighted by Crippen LogP contribution is 2.60. The van der Waals surface area contributed by atoms with E-state index in [1.165, 1.54) is 0 Å². The lowest BCUT2D eigenvalue weighted by Crippen LogP contribution is -2.56. The van der Waals surface area contributed by atoms with Gasteiger partial charge in [-0.2, -0.15) is 0 Å². The van der Waals surface area contributed by atoms with Crippen LogP contribution in [0.15, 0.2) is 12.0 Å². The summed E-state index contributed by atoms with van der Waals surface area (Å²) in [4.78, 5) is 12.6. The Morgan fingerprint density at radius 1 is 1.54 bits per heavy atom. The quantitative estimate of drug-likeness (QED) is 0.671. The maximum absolute atomic E-state index is 13.8. The number of hydrogen-bond acceptors (Lipinski definition) is 7. The highest BCUT2D eigenvalue weighted by atomic mass is 32.5. The molecular weight excluding hydrogens is 400 g/mol. The van der Waals surface area contributed by atoms with Crippen LogP contribution in [0.1, 0.15) is 13.8 Å². The number of aliphatic hydroxyl groups excluding tert-OH is 1. The van der Waals surface area contributed by atoms with Crippen LogP contribution in [0.5, 0.6) is 0 Å². The summed E-state index contributed by atoms with van der Waals surface area (Å²) in [6.45, 7) is -1.13. The molecular formula is C13H18F3N2O6PS.